The second-order valence-electron chi connectivity index (χ2n) is 4.05. The minimum atomic E-state index is -0.659. The largest absolute Gasteiger partial charge is 0.378 e. The molecule has 0 spiro atoms. The summed E-state index contributed by atoms with van der Waals surface area (Å²) >= 11 is 0. The lowest BCUT2D eigenvalue weighted by molar-refractivity contribution is -0.112. The van der Waals surface area contributed by atoms with E-state index in [9.17, 15) is 4.79 Å². The van der Waals surface area contributed by atoms with E-state index in [1.807, 2.05) is 42.5 Å². The van der Waals surface area contributed by atoms with Gasteiger partial charge < -0.3 is 10.6 Å². The number of para-hydroxylation sites is 1. The summed E-state index contributed by atoms with van der Waals surface area (Å²) in [7, 11) is 0. The van der Waals surface area contributed by atoms with Crippen LogP contribution in [0.15, 0.2) is 53.5 Å². The minimum absolute atomic E-state index is 0.00381. The van der Waals surface area contributed by atoms with Gasteiger partial charge in [-0.3, -0.25) is 4.79 Å². The van der Waals surface area contributed by atoms with Gasteiger partial charge in [0.15, 0.2) is 5.75 Å². The fourth-order valence-corrected chi connectivity index (χ4v) is 1.91. The van der Waals surface area contributed by atoms with E-state index in [0.29, 0.717) is 11.4 Å². The zero-order chi connectivity index (χ0) is 13.2. The third-order valence-electron chi connectivity index (χ3n) is 2.80. The number of nitrogens with zero attached hydrogens (tertiary/aromatic N) is 1. The van der Waals surface area contributed by atoms with Crippen LogP contribution in [0.3, 0.4) is 0 Å². The first-order valence-corrected chi connectivity index (χ1v) is 5.75. The van der Waals surface area contributed by atoms with Crippen molar-refractivity contribution in [2.75, 3.05) is 0 Å². The smallest absolute Gasteiger partial charge is 0.287 e. The van der Waals surface area contributed by atoms with Gasteiger partial charge in [-0.25, -0.2) is 4.99 Å². The molecule has 0 radical (unpaired) electrons. The number of aliphatic imine (C=N–C) groups is 1. The molecular formula is C14H11N3O2. The number of amides is 1. The molecule has 1 aliphatic heterocycles. The highest BCUT2D eigenvalue weighted by Crippen LogP contribution is 2.39. The lowest BCUT2D eigenvalue weighted by Gasteiger charge is -2.18. The molecule has 1 aliphatic rings. The van der Waals surface area contributed by atoms with Crippen LogP contribution >= 0.6 is 0 Å². The fraction of sp³-hybridized carbons (Fsp3) is 0. The molecule has 1 amide bonds. The average Bonchev–Trinajstić information content (AvgIpc) is 2.47. The summed E-state index contributed by atoms with van der Waals surface area (Å²) in [6.45, 7) is 0. The van der Waals surface area contributed by atoms with Gasteiger partial charge in [0.1, 0.15) is 5.69 Å². The molecule has 3 rings (SSSR count). The SMILES string of the molecule is NC(=O)C1=Nc2c(cccc2-c2ccccc2)ON1. The number of benzene rings is 2. The van der Waals surface area contributed by atoms with Crippen molar-refractivity contribution >= 4 is 17.4 Å². The summed E-state index contributed by atoms with van der Waals surface area (Å²) in [6, 6.07) is 15.3. The van der Waals surface area contributed by atoms with Gasteiger partial charge in [0.25, 0.3) is 5.91 Å². The highest BCUT2D eigenvalue weighted by molar-refractivity contribution is 6.37. The van der Waals surface area contributed by atoms with Gasteiger partial charge in [-0.1, -0.05) is 42.5 Å². The molecule has 0 atom stereocenters. The number of hydroxylamine groups is 1. The molecule has 0 aliphatic carbocycles. The Labute approximate surface area is 109 Å². The third kappa shape index (κ3) is 2.01. The maximum Gasteiger partial charge on any atom is 0.287 e. The Morgan fingerprint density at radius 3 is 2.63 bits per heavy atom. The molecule has 0 saturated heterocycles. The zero-order valence-corrected chi connectivity index (χ0v) is 9.96. The van der Waals surface area contributed by atoms with Gasteiger partial charge in [-0.05, 0) is 11.6 Å². The van der Waals surface area contributed by atoms with Crippen LogP contribution < -0.4 is 16.1 Å². The standard InChI is InChI=1S/C14H11N3O2/c15-13(18)14-16-12-10(9-5-2-1-3-6-9)7-4-8-11(12)19-17-14/h1-8H,(H2,15,18)(H,16,17). The normalized spacial score (nSPS) is 12.7. The van der Waals surface area contributed by atoms with Crippen LogP contribution in [0.5, 0.6) is 5.75 Å². The summed E-state index contributed by atoms with van der Waals surface area (Å²) in [6.07, 6.45) is 0. The van der Waals surface area contributed by atoms with E-state index < -0.39 is 5.91 Å². The molecule has 0 aromatic heterocycles. The number of nitrogens with two attached hydrogens (primary N) is 1. The van der Waals surface area contributed by atoms with E-state index in [4.69, 9.17) is 10.6 Å². The van der Waals surface area contributed by atoms with Crippen LogP contribution in [0, 0.1) is 0 Å². The molecule has 1 heterocycles. The molecule has 2 aromatic rings. The van der Waals surface area contributed by atoms with Crippen molar-refractivity contribution in [3.05, 3.63) is 48.5 Å². The second-order valence-corrected chi connectivity index (χ2v) is 4.05. The quantitative estimate of drug-likeness (QED) is 0.856. The van der Waals surface area contributed by atoms with Crippen molar-refractivity contribution in [3.63, 3.8) is 0 Å². The predicted molar refractivity (Wildman–Crippen MR) is 71.9 cm³/mol. The molecule has 0 bridgehead atoms. The summed E-state index contributed by atoms with van der Waals surface area (Å²) < 4.78 is 0. The number of amidine groups is 1. The number of nitrogens with one attached hydrogen (secondary N) is 1. The summed E-state index contributed by atoms with van der Waals surface area (Å²) in [5, 5.41) is 0. The number of primary amides is 1. The van der Waals surface area contributed by atoms with Crippen LogP contribution in [0.2, 0.25) is 0 Å². The first kappa shape index (κ1) is 11.3. The summed E-state index contributed by atoms with van der Waals surface area (Å²) in [5.74, 6) is -0.101. The number of rotatable bonds is 2. The Balaban J connectivity index is 2.17. The Hall–Kier alpha value is -2.82. The van der Waals surface area contributed by atoms with E-state index in [1.165, 1.54) is 0 Å². The molecule has 94 valence electrons. The van der Waals surface area contributed by atoms with Crippen molar-refractivity contribution in [2.24, 2.45) is 10.7 Å². The highest BCUT2D eigenvalue weighted by atomic mass is 16.7. The first-order chi connectivity index (χ1) is 9.25. The zero-order valence-electron chi connectivity index (χ0n) is 9.96. The van der Waals surface area contributed by atoms with E-state index >= 15 is 0 Å². The molecule has 0 fully saturated rings. The maximum atomic E-state index is 11.2. The van der Waals surface area contributed by atoms with Crippen molar-refractivity contribution in [1.82, 2.24) is 5.48 Å². The third-order valence-corrected chi connectivity index (χ3v) is 2.80. The van der Waals surface area contributed by atoms with Gasteiger partial charge in [0.05, 0.1) is 0 Å². The molecule has 2 aromatic carbocycles. The van der Waals surface area contributed by atoms with Crippen LogP contribution in [0.1, 0.15) is 0 Å². The minimum Gasteiger partial charge on any atom is -0.378 e. The Morgan fingerprint density at radius 2 is 1.89 bits per heavy atom. The van der Waals surface area contributed by atoms with Gasteiger partial charge in [0, 0.05) is 5.56 Å². The highest BCUT2D eigenvalue weighted by Gasteiger charge is 2.19. The van der Waals surface area contributed by atoms with E-state index in [0.717, 1.165) is 11.1 Å². The van der Waals surface area contributed by atoms with Crippen LogP contribution in [-0.2, 0) is 4.79 Å². The number of carbonyl (C=O) groups is 1. The Kier molecular flexibility index (Phi) is 2.64. The van der Waals surface area contributed by atoms with Crippen LogP contribution in [0.4, 0.5) is 5.69 Å². The van der Waals surface area contributed by atoms with Gasteiger partial charge in [0.2, 0.25) is 5.84 Å². The molecular weight excluding hydrogens is 242 g/mol. The lowest BCUT2D eigenvalue weighted by Crippen LogP contribution is -2.39. The molecule has 5 heteroatoms. The van der Waals surface area contributed by atoms with E-state index in [-0.39, 0.29) is 5.84 Å². The Bertz CT molecular complexity index is 666. The van der Waals surface area contributed by atoms with Crippen LogP contribution in [-0.4, -0.2) is 11.7 Å². The molecule has 19 heavy (non-hydrogen) atoms. The number of carbonyl (C=O) groups excluding carboxylic acids is 1. The topological polar surface area (TPSA) is 76.7 Å². The van der Waals surface area contributed by atoms with Crippen molar-refractivity contribution in [1.29, 1.82) is 0 Å². The summed E-state index contributed by atoms with van der Waals surface area (Å²) in [4.78, 5) is 20.7. The van der Waals surface area contributed by atoms with Crippen LogP contribution in [0.25, 0.3) is 11.1 Å². The molecule has 5 nitrogen and oxygen atoms in total. The monoisotopic (exact) mass is 253 g/mol. The van der Waals surface area contributed by atoms with Gasteiger partial charge in [-0.15, -0.1) is 0 Å². The fourth-order valence-electron chi connectivity index (χ4n) is 1.91. The van der Waals surface area contributed by atoms with E-state index in [1.54, 1.807) is 6.07 Å². The number of hydrogen-bond donors (Lipinski definition) is 2. The lowest BCUT2D eigenvalue weighted by atomic mass is 10.0. The number of hydrogen-bond acceptors (Lipinski definition) is 4. The maximum absolute atomic E-state index is 11.2. The van der Waals surface area contributed by atoms with Crippen molar-refractivity contribution in [2.45, 2.75) is 0 Å². The first-order valence-electron chi connectivity index (χ1n) is 5.75. The van der Waals surface area contributed by atoms with Gasteiger partial charge >= 0.3 is 0 Å². The molecule has 0 saturated carbocycles. The van der Waals surface area contributed by atoms with Gasteiger partial charge in [-0.2, -0.15) is 5.48 Å². The number of fused-ring (bicyclic) bond motifs is 1. The predicted octanol–water partition coefficient (Wildman–Crippen LogP) is 1.77. The molecule has 3 N–H and O–H groups in total. The van der Waals surface area contributed by atoms with E-state index in [2.05, 4.69) is 10.5 Å². The average molecular weight is 253 g/mol. The Morgan fingerprint density at radius 1 is 1.11 bits per heavy atom. The second kappa shape index (κ2) is 4.45. The van der Waals surface area contributed by atoms with Crippen molar-refractivity contribution < 1.29 is 9.63 Å². The van der Waals surface area contributed by atoms with Crippen molar-refractivity contribution in [3.8, 4) is 16.9 Å². The summed E-state index contributed by atoms with van der Waals surface area (Å²) in [5.41, 5.74) is 10.1. The molecule has 0 unspecified atom stereocenters.